The van der Waals surface area contributed by atoms with Crippen LogP contribution in [0.4, 0.5) is 0 Å². The molecule has 2 aromatic rings. The quantitative estimate of drug-likeness (QED) is 0.362. The van der Waals surface area contributed by atoms with Crippen molar-refractivity contribution >= 4 is 51.4 Å². The number of rotatable bonds is 5. The van der Waals surface area contributed by atoms with Gasteiger partial charge in [0.05, 0.1) is 17.2 Å². The summed E-state index contributed by atoms with van der Waals surface area (Å²) in [4.78, 5) is 27.8. The summed E-state index contributed by atoms with van der Waals surface area (Å²) in [5, 5.41) is 0.175. The van der Waals surface area contributed by atoms with Crippen LogP contribution in [0.3, 0.4) is 0 Å². The number of carbonyl (C=O) groups is 2. The van der Waals surface area contributed by atoms with Crippen LogP contribution in [0.25, 0.3) is 6.08 Å². The van der Waals surface area contributed by atoms with Crippen LogP contribution in [0.15, 0.2) is 51.6 Å². The summed E-state index contributed by atoms with van der Waals surface area (Å²) in [5.41, 5.74) is 1.33. The van der Waals surface area contributed by atoms with Gasteiger partial charge in [0.25, 0.3) is 0 Å². The minimum atomic E-state index is -0.580. The lowest BCUT2D eigenvalue weighted by molar-refractivity contribution is -0.132. The number of benzene rings is 2. The smallest absolute Gasteiger partial charge is 0.363 e. The number of nitrogens with zero attached hydrogens (tertiary/aromatic N) is 1. The first-order valence-corrected chi connectivity index (χ1v) is 9.48. The molecule has 0 N–H and O–H groups in total. The van der Waals surface area contributed by atoms with Gasteiger partial charge in [-0.25, -0.2) is 9.79 Å². The molecule has 3 rings (SSSR count). The van der Waals surface area contributed by atoms with E-state index in [0.717, 1.165) is 4.47 Å². The topological polar surface area (TPSA) is 74.2 Å². The first-order chi connectivity index (χ1) is 13.4. The lowest BCUT2D eigenvalue weighted by Crippen LogP contribution is -2.06. The Kier molecular flexibility index (Phi) is 6.16. The van der Waals surface area contributed by atoms with Crippen molar-refractivity contribution in [2.75, 3.05) is 6.61 Å². The Balaban J connectivity index is 1.99. The van der Waals surface area contributed by atoms with Crippen LogP contribution >= 0.6 is 27.5 Å². The Bertz CT molecular complexity index is 1020. The third-order valence-corrected chi connectivity index (χ3v) is 4.58. The zero-order valence-electron chi connectivity index (χ0n) is 15.0. The van der Waals surface area contributed by atoms with Crippen molar-refractivity contribution in [2.45, 2.75) is 13.8 Å². The van der Waals surface area contributed by atoms with Crippen LogP contribution in [-0.2, 0) is 14.3 Å². The predicted octanol–water partition coefficient (Wildman–Crippen LogP) is 4.77. The van der Waals surface area contributed by atoms with Crippen LogP contribution in [-0.4, -0.2) is 24.4 Å². The molecule has 8 heteroatoms. The molecule has 0 amide bonds. The lowest BCUT2D eigenvalue weighted by Gasteiger charge is -2.12. The Morgan fingerprint density at radius 2 is 2.07 bits per heavy atom. The fourth-order valence-corrected chi connectivity index (χ4v) is 3.21. The molecule has 2 aromatic carbocycles. The van der Waals surface area contributed by atoms with Gasteiger partial charge in [0.1, 0.15) is 0 Å². The van der Waals surface area contributed by atoms with Crippen LogP contribution in [0.5, 0.6) is 11.5 Å². The van der Waals surface area contributed by atoms with Crippen molar-refractivity contribution in [1.29, 1.82) is 0 Å². The Labute approximate surface area is 174 Å². The molecule has 28 heavy (non-hydrogen) atoms. The first-order valence-electron chi connectivity index (χ1n) is 8.31. The average Bonchev–Trinajstić information content (AvgIpc) is 2.99. The van der Waals surface area contributed by atoms with E-state index in [4.69, 9.17) is 25.8 Å². The van der Waals surface area contributed by atoms with Crippen LogP contribution < -0.4 is 9.47 Å². The van der Waals surface area contributed by atoms with E-state index in [-0.39, 0.29) is 22.4 Å². The molecule has 0 atom stereocenters. The summed E-state index contributed by atoms with van der Waals surface area (Å²) < 4.78 is 16.7. The van der Waals surface area contributed by atoms with E-state index < -0.39 is 11.9 Å². The van der Waals surface area contributed by atoms with Gasteiger partial charge in [-0.15, -0.1) is 0 Å². The second-order valence-corrected chi connectivity index (χ2v) is 6.93. The minimum Gasteiger partial charge on any atom is -0.490 e. The molecule has 0 radical (unpaired) electrons. The van der Waals surface area contributed by atoms with Gasteiger partial charge < -0.3 is 14.2 Å². The highest BCUT2D eigenvalue weighted by molar-refractivity contribution is 9.10. The molecular formula is C20H15BrClNO5. The van der Waals surface area contributed by atoms with Crippen LogP contribution in [0.1, 0.15) is 25.0 Å². The largest absolute Gasteiger partial charge is 0.490 e. The van der Waals surface area contributed by atoms with Gasteiger partial charge in [-0.1, -0.05) is 23.7 Å². The summed E-state index contributed by atoms with van der Waals surface area (Å²) in [6.07, 6.45) is 1.53. The molecule has 1 aliphatic rings. The number of hydrogen-bond donors (Lipinski definition) is 0. The number of ether oxygens (including phenoxy) is 3. The van der Waals surface area contributed by atoms with E-state index >= 15 is 0 Å². The van der Waals surface area contributed by atoms with E-state index in [1.54, 1.807) is 25.1 Å². The third kappa shape index (κ3) is 4.43. The van der Waals surface area contributed by atoms with Gasteiger partial charge in [-0.05, 0) is 58.8 Å². The normalized spacial score (nSPS) is 14.6. The first kappa shape index (κ1) is 20.1. The lowest BCUT2D eigenvalue weighted by atomic mass is 10.1. The van der Waals surface area contributed by atoms with Crippen molar-refractivity contribution in [3.63, 3.8) is 0 Å². The number of aliphatic imine (C=N–C) groups is 1. The maximum atomic E-state index is 12.2. The molecule has 0 fully saturated rings. The van der Waals surface area contributed by atoms with E-state index in [9.17, 15) is 9.59 Å². The van der Waals surface area contributed by atoms with Gasteiger partial charge in [0.15, 0.2) is 17.2 Å². The van der Waals surface area contributed by atoms with Crippen molar-refractivity contribution in [3.8, 4) is 11.5 Å². The summed E-state index contributed by atoms with van der Waals surface area (Å²) in [6, 6.07) is 10.4. The maximum Gasteiger partial charge on any atom is 0.363 e. The van der Waals surface area contributed by atoms with Gasteiger partial charge in [-0.2, -0.15) is 0 Å². The molecule has 0 aliphatic carbocycles. The molecule has 0 aromatic heterocycles. The molecule has 0 bridgehead atoms. The summed E-state index contributed by atoms with van der Waals surface area (Å²) in [7, 11) is 0. The number of cyclic esters (lactones) is 1. The second-order valence-electron chi connectivity index (χ2n) is 5.67. The molecule has 0 spiro atoms. The van der Waals surface area contributed by atoms with Gasteiger partial charge in [0, 0.05) is 11.4 Å². The molecule has 1 aliphatic heterocycles. The molecule has 0 saturated heterocycles. The van der Waals surface area contributed by atoms with Crippen molar-refractivity contribution in [3.05, 3.63) is 62.7 Å². The van der Waals surface area contributed by atoms with E-state index in [1.165, 1.54) is 13.0 Å². The van der Waals surface area contributed by atoms with Crippen molar-refractivity contribution in [2.24, 2.45) is 4.99 Å². The molecule has 1 heterocycles. The molecule has 0 unspecified atom stereocenters. The van der Waals surface area contributed by atoms with Crippen molar-refractivity contribution in [1.82, 2.24) is 0 Å². The van der Waals surface area contributed by atoms with Gasteiger partial charge >= 0.3 is 11.9 Å². The Morgan fingerprint density at radius 3 is 2.75 bits per heavy atom. The van der Waals surface area contributed by atoms with E-state index in [2.05, 4.69) is 20.9 Å². The Morgan fingerprint density at radius 1 is 1.32 bits per heavy atom. The number of carbonyl (C=O) groups excluding carboxylic acids is 2. The number of hydrogen-bond acceptors (Lipinski definition) is 6. The van der Waals surface area contributed by atoms with E-state index in [1.807, 2.05) is 18.2 Å². The zero-order chi connectivity index (χ0) is 20.3. The highest BCUT2D eigenvalue weighted by atomic mass is 79.9. The number of esters is 2. The average molecular weight is 465 g/mol. The van der Waals surface area contributed by atoms with E-state index in [0.29, 0.717) is 23.5 Å². The molecule has 0 saturated carbocycles. The minimum absolute atomic E-state index is 0.115. The predicted molar refractivity (Wildman–Crippen MR) is 109 cm³/mol. The summed E-state index contributed by atoms with van der Waals surface area (Å²) in [6.45, 7) is 3.41. The van der Waals surface area contributed by atoms with Crippen molar-refractivity contribution < 1.29 is 23.8 Å². The van der Waals surface area contributed by atoms with Gasteiger partial charge in [-0.3, -0.25) is 4.79 Å². The highest BCUT2D eigenvalue weighted by Crippen LogP contribution is 2.37. The second kappa shape index (κ2) is 8.58. The standard InChI is InChI=1S/C20H15BrClNO5/c1-3-26-17-10-12(8-15(22)18(17)27-11(2)24)9-16-20(25)28-19(23-16)13-6-4-5-7-14(13)21/h4-10H,3H2,1-2H3/b16-9+. The SMILES string of the molecule is CCOc1cc(/C=C2/N=C(c3ccccc3Br)OC2=O)cc(Cl)c1OC(C)=O. The highest BCUT2D eigenvalue weighted by Gasteiger charge is 2.25. The molecule has 144 valence electrons. The van der Waals surface area contributed by atoms with Crippen LogP contribution in [0.2, 0.25) is 5.02 Å². The zero-order valence-corrected chi connectivity index (χ0v) is 17.3. The summed E-state index contributed by atoms with van der Waals surface area (Å²) in [5.74, 6) is -0.473. The van der Waals surface area contributed by atoms with Crippen LogP contribution in [0, 0.1) is 0 Å². The Hall–Kier alpha value is -2.64. The monoisotopic (exact) mass is 463 g/mol. The fourth-order valence-electron chi connectivity index (χ4n) is 2.49. The van der Waals surface area contributed by atoms with Gasteiger partial charge in [0.2, 0.25) is 5.90 Å². The summed E-state index contributed by atoms with van der Waals surface area (Å²) >= 11 is 9.65. The fraction of sp³-hybridized carbons (Fsp3) is 0.150. The maximum absolute atomic E-state index is 12.2. The number of halogens is 2. The molecule has 6 nitrogen and oxygen atoms in total. The third-order valence-electron chi connectivity index (χ3n) is 3.61. The molecular weight excluding hydrogens is 450 g/mol.